The molecule has 0 amide bonds. The topological polar surface area (TPSA) is 111 Å². The van der Waals surface area contributed by atoms with Crippen LogP contribution in [0.25, 0.3) is 0 Å². The molecule has 0 aliphatic carbocycles. The molecule has 1 aliphatic heterocycles. The molecule has 146 valence electrons. The van der Waals surface area contributed by atoms with E-state index in [0.717, 1.165) is 6.42 Å². The number of esters is 1. The van der Waals surface area contributed by atoms with Gasteiger partial charge in [0.1, 0.15) is 11.4 Å². The second kappa shape index (κ2) is 7.90. The summed E-state index contributed by atoms with van der Waals surface area (Å²) in [6, 6.07) is 0. The summed E-state index contributed by atoms with van der Waals surface area (Å²) in [5.41, 5.74) is -1.11. The van der Waals surface area contributed by atoms with E-state index in [2.05, 4.69) is 5.32 Å². The lowest BCUT2D eigenvalue weighted by molar-refractivity contribution is -0.159. The molecule has 1 atom stereocenters. The Balaban J connectivity index is 1.95. The minimum absolute atomic E-state index is 0.00514. The number of ether oxygens (including phenoxy) is 1. The molecule has 10 heteroatoms. The molecule has 26 heavy (non-hydrogen) atoms. The summed E-state index contributed by atoms with van der Waals surface area (Å²) >= 11 is 0. The highest BCUT2D eigenvalue weighted by Crippen LogP contribution is 2.47. The van der Waals surface area contributed by atoms with Crippen LogP contribution in [-0.4, -0.2) is 45.7 Å². The van der Waals surface area contributed by atoms with Gasteiger partial charge in [-0.05, 0) is 27.2 Å². The standard InChI is InChI=1S/C16H25N2O7P/c1-16(2,3)15(21)24-10-25-26(22,23-4)9-8-18-7-5-6-17-11-12(18)14(20)13(11)19/h17H,5-10H2,1-4H3. The van der Waals surface area contributed by atoms with Crippen molar-refractivity contribution in [2.24, 2.45) is 5.41 Å². The Hall–Kier alpha value is -1.70. The number of anilines is 2. The van der Waals surface area contributed by atoms with Gasteiger partial charge >= 0.3 is 13.6 Å². The van der Waals surface area contributed by atoms with E-state index >= 15 is 0 Å². The minimum atomic E-state index is -3.50. The fraction of sp³-hybridized carbons (Fsp3) is 0.688. The summed E-state index contributed by atoms with van der Waals surface area (Å²) < 4.78 is 27.8. The summed E-state index contributed by atoms with van der Waals surface area (Å²) in [5.74, 6) is -0.480. The van der Waals surface area contributed by atoms with Crippen LogP contribution in [0.4, 0.5) is 11.4 Å². The first-order chi connectivity index (χ1) is 12.1. The van der Waals surface area contributed by atoms with Crippen molar-refractivity contribution in [2.75, 3.05) is 49.9 Å². The number of hydrogen-bond acceptors (Lipinski definition) is 9. The zero-order valence-electron chi connectivity index (χ0n) is 15.5. The first-order valence-corrected chi connectivity index (χ1v) is 10.1. The molecule has 1 aromatic rings. The first kappa shape index (κ1) is 20.6. The Labute approximate surface area is 151 Å². The molecule has 1 heterocycles. The molecule has 1 unspecified atom stereocenters. The Morgan fingerprint density at radius 1 is 1.27 bits per heavy atom. The number of carbonyl (C=O) groups excluding carboxylic acids is 1. The molecule has 0 bridgehead atoms. The Morgan fingerprint density at radius 3 is 2.58 bits per heavy atom. The van der Waals surface area contributed by atoms with Crippen molar-refractivity contribution in [3.8, 4) is 0 Å². The zero-order chi connectivity index (χ0) is 19.5. The predicted molar refractivity (Wildman–Crippen MR) is 97.7 cm³/mol. The van der Waals surface area contributed by atoms with E-state index in [-0.39, 0.29) is 12.7 Å². The lowest BCUT2D eigenvalue weighted by Crippen LogP contribution is -2.42. The summed E-state index contributed by atoms with van der Waals surface area (Å²) in [7, 11) is -2.26. The molecule has 0 radical (unpaired) electrons. The van der Waals surface area contributed by atoms with Crippen LogP contribution in [0.15, 0.2) is 9.59 Å². The second-order valence-electron chi connectivity index (χ2n) is 7.10. The third-order valence-electron chi connectivity index (χ3n) is 4.08. The van der Waals surface area contributed by atoms with Gasteiger partial charge in [-0.1, -0.05) is 0 Å². The maximum atomic E-state index is 12.6. The van der Waals surface area contributed by atoms with Crippen LogP contribution < -0.4 is 21.1 Å². The molecule has 1 N–H and O–H groups in total. The largest absolute Gasteiger partial charge is 0.438 e. The smallest absolute Gasteiger partial charge is 0.335 e. The van der Waals surface area contributed by atoms with Gasteiger partial charge in [0.2, 0.25) is 6.79 Å². The van der Waals surface area contributed by atoms with Crippen molar-refractivity contribution in [1.29, 1.82) is 0 Å². The van der Waals surface area contributed by atoms with Gasteiger partial charge in [-0.15, -0.1) is 0 Å². The summed E-state index contributed by atoms with van der Waals surface area (Å²) in [4.78, 5) is 36.8. The Morgan fingerprint density at radius 2 is 1.96 bits per heavy atom. The second-order valence-corrected chi connectivity index (χ2v) is 9.39. The lowest BCUT2D eigenvalue weighted by atomic mass is 9.98. The summed E-state index contributed by atoms with van der Waals surface area (Å²) in [5, 5.41) is 2.94. The minimum Gasteiger partial charge on any atom is -0.438 e. The molecule has 0 spiro atoms. The van der Waals surface area contributed by atoms with E-state index < -0.39 is 36.6 Å². The van der Waals surface area contributed by atoms with Crippen molar-refractivity contribution in [3.63, 3.8) is 0 Å². The van der Waals surface area contributed by atoms with Crippen LogP contribution in [0.5, 0.6) is 0 Å². The normalized spacial score (nSPS) is 17.2. The van der Waals surface area contributed by atoms with E-state index in [0.29, 0.717) is 24.5 Å². The summed E-state index contributed by atoms with van der Waals surface area (Å²) in [6.45, 7) is 5.97. The quantitative estimate of drug-likeness (QED) is 0.320. The van der Waals surface area contributed by atoms with Gasteiger partial charge in [0, 0.05) is 26.7 Å². The van der Waals surface area contributed by atoms with Crippen molar-refractivity contribution >= 4 is 24.9 Å². The Bertz CT molecular complexity index is 776. The number of nitrogens with one attached hydrogen (secondary N) is 1. The molecule has 0 aromatic heterocycles. The molecule has 1 aliphatic rings. The average Bonchev–Trinajstić information content (AvgIpc) is 2.78. The van der Waals surface area contributed by atoms with Crippen LogP contribution in [-0.2, 0) is 23.1 Å². The molecule has 0 fully saturated rings. The van der Waals surface area contributed by atoms with Gasteiger partial charge in [0.15, 0.2) is 0 Å². The Kier molecular flexibility index (Phi) is 6.26. The molecule has 0 saturated carbocycles. The number of nitrogens with zero attached hydrogens (tertiary/aromatic N) is 1. The summed E-state index contributed by atoms with van der Waals surface area (Å²) in [6.07, 6.45) is 0.726. The zero-order valence-corrected chi connectivity index (χ0v) is 16.4. The molecule has 9 nitrogen and oxygen atoms in total. The SMILES string of the molecule is COP(=O)(CCN1CCCNc2c1c(=O)c2=O)OCOC(=O)C(C)(C)C. The van der Waals surface area contributed by atoms with E-state index in [1.807, 2.05) is 0 Å². The van der Waals surface area contributed by atoms with Gasteiger partial charge in [-0.2, -0.15) is 0 Å². The van der Waals surface area contributed by atoms with E-state index in [9.17, 15) is 18.9 Å². The molecule has 1 aromatic carbocycles. The van der Waals surface area contributed by atoms with Crippen LogP contribution in [0.3, 0.4) is 0 Å². The third-order valence-corrected chi connectivity index (χ3v) is 5.88. The van der Waals surface area contributed by atoms with Gasteiger partial charge in [-0.3, -0.25) is 23.5 Å². The van der Waals surface area contributed by atoms with Gasteiger partial charge in [0.05, 0.1) is 11.6 Å². The van der Waals surface area contributed by atoms with Crippen molar-refractivity contribution in [2.45, 2.75) is 27.2 Å². The van der Waals surface area contributed by atoms with E-state index in [1.54, 1.807) is 25.7 Å². The number of carbonyl (C=O) groups is 1. The maximum absolute atomic E-state index is 12.6. The number of hydrogen-bond donors (Lipinski definition) is 1. The monoisotopic (exact) mass is 388 g/mol. The highest BCUT2D eigenvalue weighted by atomic mass is 31.2. The highest BCUT2D eigenvalue weighted by Gasteiger charge is 2.31. The average molecular weight is 388 g/mol. The van der Waals surface area contributed by atoms with Gasteiger partial charge in [0.25, 0.3) is 10.9 Å². The van der Waals surface area contributed by atoms with E-state index in [4.69, 9.17) is 13.8 Å². The van der Waals surface area contributed by atoms with Gasteiger partial charge in [-0.25, -0.2) is 0 Å². The highest BCUT2D eigenvalue weighted by molar-refractivity contribution is 7.53. The fourth-order valence-corrected chi connectivity index (χ4v) is 3.61. The van der Waals surface area contributed by atoms with Crippen LogP contribution in [0.2, 0.25) is 0 Å². The molecule has 2 rings (SSSR count). The lowest BCUT2D eigenvalue weighted by Gasteiger charge is -2.26. The van der Waals surface area contributed by atoms with Crippen molar-refractivity contribution in [1.82, 2.24) is 0 Å². The van der Waals surface area contributed by atoms with Crippen LogP contribution >= 0.6 is 7.60 Å². The van der Waals surface area contributed by atoms with Crippen molar-refractivity contribution in [3.05, 3.63) is 20.4 Å². The molecular formula is C16H25N2O7P. The number of rotatable bonds is 7. The van der Waals surface area contributed by atoms with Crippen molar-refractivity contribution < 1.29 is 23.1 Å². The predicted octanol–water partition coefficient (Wildman–Crippen LogP) is 1.31. The van der Waals surface area contributed by atoms with E-state index in [1.165, 1.54) is 7.11 Å². The van der Waals surface area contributed by atoms with Gasteiger partial charge < -0.3 is 19.5 Å². The third kappa shape index (κ3) is 4.52. The van der Waals surface area contributed by atoms with Crippen LogP contribution in [0.1, 0.15) is 27.2 Å². The molecule has 0 saturated heterocycles. The molecular weight excluding hydrogens is 363 g/mol. The fourth-order valence-electron chi connectivity index (χ4n) is 2.49. The first-order valence-electron chi connectivity index (χ1n) is 8.38. The van der Waals surface area contributed by atoms with Crippen LogP contribution in [0, 0.1) is 5.41 Å². The number of fused-ring (bicyclic) bond motifs is 1. The maximum Gasteiger partial charge on any atom is 0.335 e.